The van der Waals surface area contributed by atoms with E-state index in [9.17, 15) is 0 Å². The first-order valence-corrected chi connectivity index (χ1v) is 7.77. The van der Waals surface area contributed by atoms with Gasteiger partial charge in [-0.25, -0.2) is 0 Å². The van der Waals surface area contributed by atoms with Crippen LogP contribution in [0.5, 0.6) is 5.75 Å². The molecule has 0 aromatic heterocycles. The van der Waals surface area contributed by atoms with Gasteiger partial charge in [-0.2, -0.15) is 0 Å². The molecule has 0 aliphatic carbocycles. The highest BCUT2D eigenvalue weighted by molar-refractivity contribution is 6.18. The van der Waals surface area contributed by atoms with Crippen LogP contribution >= 0.6 is 0 Å². The number of ether oxygens (including phenoxy) is 1. The zero-order valence-corrected chi connectivity index (χ0v) is 12.9. The molecule has 0 atom stereocenters. The van der Waals surface area contributed by atoms with E-state index in [0.29, 0.717) is 6.61 Å². The van der Waals surface area contributed by atoms with Crippen LogP contribution in [-0.2, 0) is 0 Å². The summed E-state index contributed by atoms with van der Waals surface area (Å²) >= 11 is 0. The van der Waals surface area contributed by atoms with Gasteiger partial charge in [0.15, 0.2) is 0 Å². The zero-order valence-electron chi connectivity index (χ0n) is 12.9. The summed E-state index contributed by atoms with van der Waals surface area (Å²) in [6.45, 7) is 4.93. The molecule has 0 bridgehead atoms. The number of rotatable bonds is 2. The van der Waals surface area contributed by atoms with Gasteiger partial charge in [0.1, 0.15) is 5.75 Å². The van der Waals surface area contributed by atoms with Crippen molar-refractivity contribution in [2.24, 2.45) is 0 Å². The Labute approximate surface area is 130 Å². The molecule has 0 saturated heterocycles. The number of hydrogen-bond acceptors (Lipinski definition) is 1. The molecule has 0 unspecified atom stereocenters. The Morgan fingerprint density at radius 1 is 0.727 bits per heavy atom. The Morgan fingerprint density at radius 2 is 1.41 bits per heavy atom. The molecule has 0 radical (unpaired) electrons. The van der Waals surface area contributed by atoms with E-state index in [1.165, 1.54) is 37.9 Å². The van der Waals surface area contributed by atoms with E-state index in [1.54, 1.807) is 0 Å². The second-order valence-electron chi connectivity index (χ2n) is 5.64. The average Bonchev–Trinajstić information content (AvgIpc) is 2.58. The van der Waals surface area contributed by atoms with Gasteiger partial charge in [0, 0.05) is 10.8 Å². The van der Waals surface area contributed by atoms with Crippen molar-refractivity contribution in [3.63, 3.8) is 0 Å². The minimum absolute atomic E-state index is 0.676. The van der Waals surface area contributed by atoms with Crippen LogP contribution in [-0.4, -0.2) is 6.61 Å². The Hall–Kier alpha value is -2.54. The zero-order chi connectivity index (χ0) is 15.1. The fourth-order valence-electron chi connectivity index (χ4n) is 3.45. The van der Waals surface area contributed by atoms with E-state index >= 15 is 0 Å². The van der Waals surface area contributed by atoms with Gasteiger partial charge in [0.05, 0.1) is 6.61 Å². The summed E-state index contributed by atoms with van der Waals surface area (Å²) in [5, 5.41) is 7.55. The Balaban J connectivity index is 2.31. The molecule has 0 aliphatic rings. The minimum Gasteiger partial charge on any atom is -0.493 e. The van der Waals surface area contributed by atoms with Crippen LogP contribution in [0.4, 0.5) is 0 Å². The molecule has 108 valence electrons. The molecule has 0 fully saturated rings. The lowest BCUT2D eigenvalue weighted by Gasteiger charge is -2.16. The van der Waals surface area contributed by atoms with E-state index in [0.717, 1.165) is 5.75 Å². The fraction of sp³-hybridized carbons (Fsp3) is 0.143. The standard InChI is InChI=1S/C21H18O/c1-3-22-21-18-11-7-6-9-16(18)14(2)20-17-10-5-4-8-15(17)12-13-19(20)21/h4-13H,3H2,1-2H3. The van der Waals surface area contributed by atoms with Crippen LogP contribution in [0.25, 0.3) is 32.3 Å². The molecule has 0 amide bonds. The Morgan fingerprint density at radius 3 is 2.18 bits per heavy atom. The molecule has 22 heavy (non-hydrogen) atoms. The molecule has 4 aromatic carbocycles. The van der Waals surface area contributed by atoms with Gasteiger partial charge in [-0.05, 0) is 47.0 Å². The molecule has 0 spiro atoms. The van der Waals surface area contributed by atoms with Crippen molar-refractivity contribution in [3.05, 3.63) is 66.2 Å². The highest BCUT2D eigenvalue weighted by atomic mass is 16.5. The van der Waals surface area contributed by atoms with E-state index in [-0.39, 0.29) is 0 Å². The first kappa shape index (κ1) is 13.1. The summed E-state index contributed by atoms with van der Waals surface area (Å²) in [5.74, 6) is 1.00. The summed E-state index contributed by atoms with van der Waals surface area (Å²) in [5.41, 5.74) is 1.32. The summed E-state index contributed by atoms with van der Waals surface area (Å²) < 4.78 is 6.04. The van der Waals surface area contributed by atoms with Gasteiger partial charge < -0.3 is 4.74 Å². The molecule has 4 aromatic rings. The average molecular weight is 286 g/mol. The third kappa shape index (κ3) is 1.79. The summed E-state index contributed by atoms with van der Waals surface area (Å²) in [6.07, 6.45) is 0. The maximum atomic E-state index is 6.04. The molecule has 0 saturated carbocycles. The van der Waals surface area contributed by atoms with Crippen LogP contribution < -0.4 is 4.74 Å². The topological polar surface area (TPSA) is 9.23 Å². The first-order valence-electron chi connectivity index (χ1n) is 7.77. The van der Waals surface area contributed by atoms with Gasteiger partial charge in [-0.15, -0.1) is 0 Å². The van der Waals surface area contributed by atoms with Crippen LogP contribution in [0.1, 0.15) is 12.5 Å². The summed E-state index contributed by atoms with van der Waals surface area (Å²) in [7, 11) is 0. The van der Waals surface area contributed by atoms with Gasteiger partial charge >= 0.3 is 0 Å². The molecule has 0 aliphatic heterocycles. The quantitative estimate of drug-likeness (QED) is 0.331. The van der Waals surface area contributed by atoms with Crippen molar-refractivity contribution < 1.29 is 4.74 Å². The Kier molecular flexibility index (Phi) is 3.00. The molecule has 0 N–H and O–H groups in total. The molecule has 1 heteroatoms. The molecule has 1 nitrogen and oxygen atoms in total. The van der Waals surface area contributed by atoms with Crippen molar-refractivity contribution in [2.75, 3.05) is 6.61 Å². The molecule has 4 rings (SSSR count). The lowest BCUT2D eigenvalue weighted by Crippen LogP contribution is -1.96. The largest absolute Gasteiger partial charge is 0.493 e. The predicted octanol–water partition coefficient (Wildman–Crippen LogP) is 5.85. The SMILES string of the molecule is CCOc1c2ccccc2c(C)c2c1ccc1ccccc12. The molecular formula is C21H18O. The van der Waals surface area contributed by atoms with Crippen molar-refractivity contribution in [1.82, 2.24) is 0 Å². The fourth-order valence-corrected chi connectivity index (χ4v) is 3.45. The number of benzene rings is 4. The smallest absolute Gasteiger partial charge is 0.134 e. The third-order valence-corrected chi connectivity index (χ3v) is 4.41. The highest BCUT2D eigenvalue weighted by Crippen LogP contribution is 2.40. The van der Waals surface area contributed by atoms with Gasteiger partial charge in [0.25, 0.3) is 0 Å². The maximum Gasteiger partial charge on any atom is 0.134 e. The maximum absolute atomic E-state index is 6.04. The first-order chi connectivity index (χ1) is 10.8. The van der Waals surface area contributed by atoms with E-state index in [4.69, 9.17) is 4.74 Å². The van der Waals surface area contributed by atoms with Crippen molar-refractivity contribution in [3.8, 4) is 5.75 Å². The van der Waals surface area contributed by atoms with Crippen molar-refractivity contribution in [1.29, 1.82) is 0 Å². The highest BCUT2D eigenvalue weighted by Gasteiger charge is 2.14. The monoisotopic (exact) mass is 286 g/mol. The second-order valence-corrected chi connectivity index (χ2v) is 5.64. The lowest BCUT2D eigenvalue weighted by molar-refractivity contribution is 0.348. The van der Waals surface area contributed by atoms with Crippen LogP contribution in [0, 0.1) is 6.92 Å². The number of fused-ring (bicyclic) bond motifs is 4. The lowest BCUT2D eigenvalue weighted by atomic mass is 9.92. The van der Waals surface area contributed by atoms with Crippen LogP contribution in [0.3, 0.4) is 0 Å². The second kappa shape index (κ2) is 5.03. The Bertz CT molecular complexity index is 999. The van der Waals surface area contributed by atoms with Gasteiger partial charge in [0.2, 0.25) is 0 Å². The minimum atomic E-state index is 0.676. The molecule has 0 heterocycles. The summed E-state index contributed by atoms with van der Waals surface area (Å²) in [6, 6.07) is 21.5. The number of hydrogen-bond donors (Lipinski definition) is 0. The van der Waals surface area contributed by atoms with E-state index in [1.807, 2.05) is 6.92 Å². The third-order valence-electron chi connectivity index (χ3n) is 4.41. The summed E-state index contributed by atoms with van der Waals surface area (Å²) in [4.78, 5) is 0. The van der Waals surface area contributed by atoms with Crippen molar-refractivity contribution >= 4 is 32.3 Å². The van der Waals surface area contributed by atoms with Gasteiger partial charge in [-0.3, -0.25) is 0 Å². The van der Waals surface area contributed by atoms with Crippen molar-refractivity contribution in [2.45, 2.75) is 13.8 Å². The van der Waals surface area contributed by atoms with E-state index < -0.39 is 0 Å². The van der Waals surface area contributed by atoms with E-state index in [2.05, 4.69) is 67.6 Å². The predicted molar refractivity (Wildman–Crippen MR) is 94.9 cm³/mol. The normalized spacial score (nSPS) is 11.4. The van der Waals surface area contributed by atoms with Crippen LogP contribution in [0.2, 0.25) is 0 Å². The van der Waals surface area contributed by atoms with Crippen LogP contribution in [0.15, 0.2) is 60.7 Å². The number of aryl methyl sites for hydroxylation is 1. The van der Waals surface area contributed by atoms with Gasteiger partial charge in [-0.1, -0.05) is 54.6 Å². The molecular weight excluding hydrogens is 268 g/mol.